The number of hydrogen-bond donors (Lipinski definition) is 1. The minimum absolute atomic E-state index is 0.0466. The molecule has 0 unspecified atom stereocenters. The van der Waals surface area contributed by atoms with Crippen molar-refractivity contribution in [2.45, 2.75) is 25.8 Å². The Morgan fingerprint density at radius 1 is 1.00 bits per heavy atom. The fourth-order valence-electron chi connectivity index (χ4n) is 2.83. The van der Waals surface area contributed by atoms with Gasteiger partial charge in [-0.05, 0) is 43.5 Å². The standard InChI is InChI=1S/C19H23NO4S/c1-19(2,16-8-9-17-18(14-16)24-12-11-23-17)20-25(21,22)13-10-15-6-4-3-5-7-15/h3-9,14,20H,10-13H2,1-2H3. The highest BCUT2D eigenvalue weighted by Crippen LogP contribution is 2.34. The van der Waals surface area contributed by atoms with Gasteiger partial charge in [0.1, 0.15) is 13.2 Å². The lowest BCUT2D eigenvalue weighted by Gasteiger charge is -2.28. The molecule has 1 aliphatic heterocycles. The van der Waals surface area contributed by atoms with Gasteiger partial charge in [0.25, 0.3) is 0 Å². The zero-order chi connectivity index (χ0) is 17.9. The smallest absolute Gasteiger partial charge is 0.212 e. The number of hydrogen-bond acceptors (Lipinski definition) is 4. The number of aryl methyl sites for hydroxylation is 1. The van der Waals surface area contributed by atoms with Gasteiger partial charge in [-0.3, -0.25) is 0 Å². The summed E-state index contributed by atoms with van der Waals surface area (Å²) in [6.45, 7) is 4.72. The molecule has 0 saturated heterocycles. The van der Waals surface area contributed by atoms with Crippen LogP contribution in [-0.4, -0.2) is 27.4 Å². The second-order valence-corrected chi connectivity index (χ2v) is 8.48. The molecule has 0 amide bonds. The Kier molecular flexibility index (Phi) is 5.01. The van der Waals surface area contributed by atoms with E-state index >= 15 is 0 Å². The fourth-order valence-corrected chi connectivity index (χ4v) is 4.33. The Hall–Kier alpha value is -2.05. The van der Waals surface area contributed by atoms with Crippen molar-refractivity contribution in [3.05, 3.63) is 59.7 Å². The molecule has 0 saturated carbocycles. The van der Waals surface area contributed by atoms with Crippen LogP contribution >= 0.6 is 0 Å². The van der Waals surface area contributed by atoms with Crippen LogP contribution in [0.3, 0.4) is 0 Å². The first-order chi connectivity index (χ1) is 11.9. The molecule has 0 atom stereocenters. The zero-order valence-electron chi connectivity index (χ0n) is 14.5. The van der Waals surface area contributed by atoms with E-state index in [-0.39, 0.29) is 5.75 Å². The van der Waals surface area contributed by atoms with Crippen LogP contribution < -0.4 is 14.2 Å². The first-order valence-corrected chi connectivity index (χ1v) is 9.97. The van der Waals surface area contributed by atoms with Crippen LogP contribution in [0.2, 0.25) is 0 Å². The highest BCUT2D eigenvalue weighted by atomic mass is 32.2. The van der Waals surface area contributed by atoms with Gasteiger partial charge < -0.3 is 9.47 Å². The average molecular weight is 361 g/mol. The lowest BCUT2D eigenvalue weighted by Crippen LogP contribution is -2.42. The first-order valence-electron chi connectivity index (χ1n) is 8.31. The van der Waals surface area contributed by atoms with Crippen LogP contribution in [0.4, 0.5) is 0 Å². The molecular weight excluding hydrogens is 338 g/mol. The van der Waals surface area contributed by atoms with Gasteiger partial charge in [0.15, 0.2) is 11.5 Å². The van der Waals surface area contributed by atoms with Crippen molar-refractivity contribution in [2.24, 2.45) is 0 Å². The molecule has 6 heteroatoms. The minimum atomic E-state index is -3.43. The predicted molar refractivity (Wildman–Crippen MR) is 97.5 cm³/mol. The van der Waals surface area contributed by atoms with Crippen LogP contribution in [0, 0.1) is 0 Å². The van der Waals surface area contributed by atoms with Crippen LogP contribution in [0.1, 0.15) is 25.0 Å². The Labute approximate surface area is 149 Å². The number of benzene rings is 2. The second kappa shape index (κ2) is 7.06. The van der Waals surface area contributed by atoms with Gasteiger partial charge in [-0.2, -0.15) is 0 Å². The van der Waals surface area contributed by atoms with Crippen molar-refractivity contribution >= 4 is 10.0 Å². The van der Waals surface area contributed by atoms with Crippen LogP contribution in [0.15, 0.2) is 48.5 Å². The van der Waals surface area contributed by atoms with Crippen molar-refractivity contribution in [3.8, 4) is 11.5 Å². The SMILES string of the molecule is CC(C)(NS(=O)(=O)CCc1ccccc1)c1ccc2c(c1)OCCO2. The molecule has 0 radical (unpaired) electrons. The lowest BCUT2D eigenvalue weighted by atomic mass is 9.95. The Balaban J connectivity index is 1.71. The third-order valence-corrected chi connectivity index (χ3v) is 5.74. The van der Waals surface area contributed by atoms with Gasteiger partial charge >= 0.3 is 0 Å². The quantitative estimate of drug-likeness (QED) is 0.859. The maximum atomic E-state index is 12.5. The molecule has 0 bridgehead atoms. The van der Waals surface area contributed by atoms with E-state index in [0.717, 1.165) is 11.1 Å². The monoisotopic (exact) mass is 361 g/mol. The number of fused-ring (bicyclic) bond motifs is 1. The zero-order valence-corrected chi connectivity index (χ0v) is 15.3. The highest BCUT2D eigenvalue weighted by molar-refractivity contribution is 7.89. The van der Waals surface area contributed by atoms with E-state index in [1.165, 1.54) is 0 Å². The van der Waals surface area contributed by atoms with Crippen LogP contribution in [0.25, 0.3) is 0 Å². The van der Waals surface area contributed by atoms with Crippen molar-refractivity contribution < 1.29 is 17.9 Å². The summed E-state index contributed by atoms with van der Waals surface area (Å²) in [6, 6.07) is 15.1. The van der Waals surface area contributed by atoms with E-state index in [2.05, 4.69) is 4.72 Å². The molecule has 2 aromatic rings. The summed E-state index contributed by atoms with van der Waals surface area (Å²) in [4.78, 5) is 0. The summed E-state index contributed by atoms with van der Waals surface area (Å²) >= 11 is 0. The molecule has 1 N–H and O–H groups in total. The van der Waals surface area contributed by atoms with Gasteiger partial charge in [0, 0.05) is 0 Å². The molecular formula is C19H23NO4S. The molecule has 134 valence electrons. The van der Waals surface area contributed by atoms with E-state index in [1.54, 1.807) is 0 Å². The average Bonchev–Trinajstić information content (AvgIpc) is 2.60. The fraction of sp³-hybridized carbons (Fsp3) is 0.368. The summed E-state index contributed by atoms with van der Waals surface area (Å²) in [7, 11) is -3.43. The van der Waals surface area contributed by atoms with E-state index in [1.807, 2.05) is 62.4 Å². The molecule has 0 spiro atoms. The predicted octanol–water partition coefficient (Wildman–Crippen LogP) is 2.86. The van der Waals surface area contributed by atoms with Gasteiger partial charge in [0.05, 0.1) is 11.3 Å². The maximum Gasteiger partial charge on any atom is 0.212 e. The van der Waals surface area contributed by atoms with Crippen molar-refractivity contribution in [1.29, 1.82) is 0 Å². The van der Waals surface area contributed by atoms with E-state index in [9.17, 15) is 8.42 Å². The molecule has 2 aromatic carbocycles. The molecule has 5 nitrogen and oxygen atoms in total. The van der Waals surface area contributed by atoms with Gasteiger partial charge in [-0.15, -0.1) is 0 Å². The molecule has 0 aromatic heterocycles. The number of nitrogens with one attached hydrogen (secondary N) is 1. The molecule has 3 rings (SSSR count). The maximum absolute atomic E-state index is 12.5. The van der Waals surface area contributed by atoms with Crippen LogP contribution in [-0.2, 0) is 22.0 Å². The molecule has 1 aliphatic rings. The summed E-state index contributed by atoms with van der Waals surface area (Å²) in [5, 5.41) is 0. The van der Waals surface area contributed by atoms with Crippen molar-refractivity contribution in [1.82, 2.24) is 4.72 Å². The first kappa shape index (κ1) is 17.8. The third-order valence-electron chi connectivity index (χ3n) is 4.18. The number of ether oxygens (including phenoxy) is 2. The summed E-state index contributed by atoms with van der Waals surface area (Å²) in [5.41, 5.74) is 1.09. The van der Waals surface area contributed by atoms with Crippen molar-refractivity contribution in [3.63, 3.8) is 0 Å². The van der Waals surface area contributed by atoms with Gasteiger partial charge in [-0.25, -0.2) is 13.1 Å². The second-order valence-electron chi connectivity index (χ2n) is 6.64. The number of sulfonamides is 1. The topological polar surface area (TPSA) is 64.6 Å². The largest absolute Gasteiger partial charge is 0.486 e. The van der Waals surface area contributed by atoms with E-state index in [0.29, 0.717) is 31.1 Å². The summed E-state index contributed by atoms with van der Waals surface area (Å²) < 4.78 is 38.9. The van der Waals surface area contributed by atoms with E-state index in [4.69, 9.17) is 9.47 Å². The van der Waals surface area contributed by atoms with E-state index < -0.39 is 15.6 Å². The van der Waals surface area contributed by atoms with Gasteiger partial charge in [0.2, 0.25) is 10.0 Å². The third kappa shape index (κ3) is 4.52. The van der Waals surface area contributed by atoms with Crippen LogP contribution in [0.5, 0.6) is 11.5 Å². The summed E-state index contributed by atoms with van der Waals surface area (Å²) in [5.74, 6) is 1.39. The number of rotatable bonds is 6. The minimum Gasteiger partial charge on any atom is -0.486 e. The Morgan fingerprint density at radius 2 is 1.68 bits per heavy atom. The molecule has 1 heterocycles. The molecule has 0 aliphatic carbocycles. The normalized spacial score (nSPS) is 14.3. The van der Waals surface area contributed by atoms with Gasteiger partial charge in [-0.1, -0.05) is 36.4 Å². The molecule has 0 fully saturated rings. The van der Waals surface area contributed by atoms with Crippen molar-refractivity contribution in [2.75, 3.05) is 19.0 Å². The Morgan fingerprint density at radius 3 is 2.40 bits per heavy atom. The lowest BCUT2D eigenvalue weighted by molar-refractivity contribution is 0.171. The molecule has 25 heavy (non-hydrogen) atoms. The Bertz CT molecular complexity index is 832. The summed E-state index contributed by atoms with van der Waals surface area (Å²) in [6.07, 6.45) is 0.480. The highest BCUT2D eigenvalue weighted by Gasteiger charge is 2.28.